The third-order valence-electron chi connectivity index (χ3n) is 4.10. The smallest absolute Gasteiger partial charge is 0.352 e. The summed E-state index contributed by atoms with van der Waals surface area (Å²) in [4.78, 5) is 12.1. The number of nitrogens with one attached hydrogen (secondary N) is 1. The minimum atomic E-state index is -4.35. The van der Waals surface area contributed by atoms with Crippen molar-refractivity contribution in [3.05, 3.63) is 70.8 Å². The molecule has 134 valence electrons. The zero-order chi connectivity index (χ0) is 18.4. The van der Waals surface area contributed by atoms with Crippen LogP contribution in [-0.4, -0.2) is 12.5 Å². The predicted molar refractivity (Wildman–Crippen MR) is 91.1 cm³/mol. The first-order valence-electron chi connectivity index (χ1n) is 8.05. The third kappa shape index (κ3) is 5.32. The summed E-state index contributed by atoms with van der Waals surface area (Å²) >= 11 is 0. The van der Waals surface area contributed by atoms with Crippen molar-refractivity contribution in [2.45, 2.75) is 32.0 Å². The van der Waals surface area contributed by atoms with Crippen LogP contribution < -0.4 is 11.1 Å². The standard InChI is InChI=1S/C19H21F3N2O/c1-13(16-3-2-4-17(11-16)19(20,21)22)9-10-24-18(25)15-7-5-14(12-23)6-8-15/h2-8,11,13H,9-10,12,23H2,1H3,(H,24,25). The maximum atomic E-state index is 12.8. The molecule has 1 amide bonds. The van der Waals surface area contributed by atoms with E-state index in [4.69, 9.17) is 5.73 Å². The van der Waals surface area contributed by atoms with Crippen LogP contribution in [0.25, 0.3) is 0 Å². The normalized spacial score (nSPS) is 12.7. The summed E-state index contributed by atoms with van der Waals surface area (Å²) in [6.45, 7) is 2.64. The highest BCUT2D eigenvalue weighted by Gasteiger charge is 2.30. The molecule has 0 aliphatic carbocycles. The quantitative estimate of drug-likeness (QED) is 0.824. The van der Waals surface area contributed by atoms with Crippen LogP contribution in [0.3, 0.4) is 0 Å². The summed E-state index contributed by atoms with van der Waals surface area (Å²) in [5.74, 6) is -0.304. The van der Waals surface area contributed by atoms with Gasteiger partial charge >= 0.3 is 6.18 Å². The number of carbonyl (C=O) groups is 1. The number of hydrogen-bond acceptors (Lipinski definition) is 2. The predicted octanol–water partition coefficient (Wildman–Crippen LogP) is 4.09. The molecule has 3 nitrogen and oxygen atoms in total. The van der Waals surface area contributed by atoms with Crippen LogP contribution in [0, 0.1) is 0 Å². The van der Waals surface area contributed by atoms with Crippen LogP contribution in [0.2, 0.25) is 0 Å². The second-order valence-electron chi connectivity index (χ2n) is 5.97. The zero-order valence-electron chi connectivity index (χ0n) is 13.9. The molecule has 0 aliphatic rings. The summed E-state index contributed by atoms with van der Waals surface area (Å²) in [6, 6.07) is 12.3. The van der Waals surface area contributed by atoms with E-state index in [9.17, 15) is 18.0 Å². The summed E-state index contributed by atoms with van der Waals surface area (Å²) in [6.07, 6.45) is -3.80. The highest BCUT2D eigenvalue weighted by Crippen LogP contribution is 2.31. The van der Waals surface area contributed by atoms with Crippen LogP contribution >= 0.6 is 0 Å². The van der Waals surface area contributed by atoms with Gasteiger partial charge in [0.1, 0.15) is 0 Å². The Kier molecular flexibility index (Phi) is 6.20. The second kappa shape index (κ2) is 8.16. The van der Waals surface area contributed by atoms with E-state index in [1.807, 2.05) is 6.92 Å². The van der Waals surface area contributed by atoms with Gasteiger partial charge in [0.2, 0.25) is 0 Å². The van der Waals surface area contributed by atoms with Gasteiger partial charge in [0, 0.05) is 18.7 Å². The Hall–Kier alpha value is -2.34. The zero-order valence-corrected chi connectivity index (χ0v) is 13.9. The lowest BCUT2D eigenvalue weighted by molar-refractivity contribution is -0.137. The summed E-state index contributed by atoms with van der Waals surface area (Å²) < 4.78 is 38.3. The Labute approximate surface area is 145 Å². The lowest BCUT2D eigenvalue weighted by atomic mass is 9.96. The van der Waals surface area contributed by atoms with Gasteiger partial charge in [-0.2, -0.15) is 13.2 Å². The first kappa shape index (κ1) is 19.0. The monoisotopic (exact) mass is 350 g/mol. The second-order valence-corrected chi connectivity index (χ2v) is 5.97. The molecule has 6 heteroatoms. The van der Waals surface area contributed by atoms with Crippen molar-refractivity contribution in [2.75, 3.05) is 6.54 Å². The minimum Gasteiger partial charge on any atom is -0.352 e. The molecule has 3 N–H and O–H groups in total. The number of rotatable bonds is 6. The fourth-order valence-electron chi connectivity index (χ4n) is 2.48. The van der Waals surface area contributed by atoms with Crippen molar-refractivity contribution < 1.29 is 18.0 Å². The van der Waals surface area contributed by atoms with Crippen molar-refractivity contribution in [3.8, 4) is 0 Å². The van der Waals surface area contributed by atoms with Crippen LogP contribution in [0.5, 0.6) is 0 Å². The fourth-order valence-corrected chi connectivity index (χ4v) is 2.48. The molecule has 0 aromatic heterocycles. The molecule has 0 fully saturated rings. The molecular formula is C19H21F3N2O. The number of carbonyl (C=O) groups excluding carboxylic acids is 1. The highest BCUT2D eigenvalue weighted by atomic mass is 19.4. The average molecular weight is 350 g/mol. The van der Waals surface area contributed by atoms with E-state index in [1.54, 1.807) is 30.3 Å². The number of amides is 1. The Balaban J connectivity index is 1.89. The maximum absolute atomic E-state index is 12.8. The van der Waals surface area contributed by atoms with Crippen molar-refractivity contribution in [3.63, 3.8) is 0 Å². The maximum Gasteiger partial charge on any atom is 0.416 e. The molecule has 0 aliphatic heterocycles. The topological polar surface area (TPSA) is 55.1 Å². The number of nitrogens with two attached hydrogens (primary N) is 1. The van der Waals surface area contributed by atoms with Crippen LogP contribution in [0.4, 0.5) is 13.2 Å². The molecular weight excluding hydrogens is 329 g/mol. The molecule has 0 saturated heterocycles. The van der Waals surface area contributed by atoms with Gasteiger partial charge in [0.25, 0.3) is 5.91 Å². The molecule has 2 aromatic carbocycles. The van der Waals surface area contributed by atoms with E-state index < -0.39 is 11.7 Å². The van der Waals surface area contributed by atoms with Crippen LogP contribution in [0.1, 0.15) is 46.3 Å². The first-order chi connectivity index (χ1) is 11.8. The lowest BCUT2D eigenvalue weighted by Crippen LogP contribution is -2.25. The van der Waals surface area contributed by atoms with Crippen molar-refractivity contribution in [1.29, 1.82) is 0 Å². The number of halogens is 3. The molecule has 0 heterocycles. The van der Waals surface area contributed by atoms with Gasteiger partial charge in [0.05, 0.1) is 5.56 Å². The SMILES string of the molecule is CC(CCNC(=O)c1ccc(CN)cc1)c1cccc(C(F)(F)F)c1. The molecule has 2 aromatic rings. The van der Waals surface area contributed by atoms with E-state index in [2.05, 4.69) is 5.32 Å². The van der Waals surface area contributed by atoms with E-state index >= 15 is 0 Å². The molecule has 1 atom stereocenters. The van der Waals surface area contributed by atoms with Gasteiger partial charge < -0.3 is 11.1 Å². The molecule has 2 rings (SSSR count). The number of hydrogen-bond donors (Lipinski definition) is 2. The number of benzene rings is 2. The number of alkyl halides is 3. The molecule has 25 heavy (non-hydrogen) atoms. The van der Waals surface area contributed by atoms with E-state index in [1.165, 1.54) is 6.07 Å². The van der Waals surface area contributed by atoms with Gasteiger partial charge in [-0.05, 0) is 41.7 Å². The average Bonchev–Trinajstić information content (AvgIpc) is 2.61. The fraction of sp³-hybridized carbons (Fsp3) is 0.316. The van der Waals surface area contributed by atoms with Crippen LogP contribution in [-0.2, 0) is 12.7 Å². The summed E-state index contributed by atoms with van der Waals surface area (Å²) in [7, 11) is 0. The van der Waals surface area contributed by atoms with Crippen molar-refractivity contribution in [2.24, 2.45) is 5.73 Å². The minimum absolute atomic E-state index is 0.0952. The molecule has 0 saturated carbocycles. The Morgan fingerprint density at radius 1 is 1.16 bits per heavy atom. The van der Waals surface area contributed by atoms with Gasteiger partial charge in [-0.15, -0.1) is 0 Å². The molecule has 0 bridgehead atoms. The lowest BCUT2D eigenvalue weighted by Gasteiger charge is -2.15. The summed E-state index contributed by atoms with van der Waals surface area (Å²) in [5, 5.41) is 2.79. The highest BCUT2D eigenvalue weighted by molar-refractivity contribution is 5.94. The van der Waals surface area contributed by atoms with Gasteiger partial charge in [-0.1, -0.05) is 37.3 Å². The van der Waals surface area contributed by atoms with Gasteiger partial charge in [-0.3, -0.25) is 4.79 Å². The molecule has 0 spiro atoms. The summed E-state index contributed by atoms with van der Waals surface area (Å²) in [5.41, 5.74) is 6.94. The van der Waals surface area contributed by atoms with E-state index in [-0.39, 0.29) is 11.8 Å². The third-order valence-corrected chi connectivity index (χ3v) is 4.10. The molecule has 0 radical (unpaired) electrons. The van der Waals surface area contributed by atoms with Gasteiger partial charge in [0.15, 0.2) is 0 Å². The first-order valence-corrected chi connectivity index (χ1v) is 8.05. The van der Waals surface area contributed by atoms with E-state index in [0.29, 0.717) is 30.6 Å². The Morgan fingerprint density at radius 3 is 2.44 bits per heavy atom. The Bertz CT molecular complexity index is 711. The van der Waals surface area contributed by atoms with E-state index in [0.717, 1.165) is 17.7 Å². The van der Waals surface area contributed by atoms with Crippen molar-refractivity contribution in [1.82, 2.24) is 5.32 Å². The van der Waals surface area contributed by atoms with Gasteiger partial charge in [-0.25, -0.2) is 0 Å². The Morgan fingerprint density at radius 2 is 1.84 bits per heavy atom. The van der Waals surface area contributed by atoms with Crippen molar-refractivity contribution >= 4 is 5.91 Å². The largest absolute Gasteiger partial charge is 0.416 e. The molecule has 1 unspecified atom stereocenters. The van der Waals surface area contributed by atoms with Crippen LogP contribution in [0.15, 0.2) is 48.5 Å².